The van der Waals surface area contributed by atoms with Crippen molar-refractivity contribution in [1.29, 1.82) is 0 Å². The molecule has 3 atom stereocenters. The molecule has 1 N–H and O–H groups in total. The van der Waals surface area contributed by atoms with Crippen molar-refractivity contribution < 1.29 is 14.3 Å². The van der Waals surface area contributed by atoms with E-state index in [1.807, 2.05) is 20.8 Å². The summed E-state index contributed by atoms with van der Waals surface area (Å²) in [6.07, 6.45) is 2.20. The number of carbonyl (C=O) groups excluding carboxylic acids is 2. The molecule has 0 aromatic rings. The second-order valence-corrected chi connectivity index (χ2v) is 4.82. The summed E-state index contributed by atoms with van der Waals surface area (Å²) in [5, 5.41) is 2.82. The van der Waals surface area contributed by atoms with E-state index in [0.717, 1.165) is 6.42 Å². The lowest BCUT2D eigenvalue weighted by atomic mass is 10.00. The molecule has 5 nitrogen and oxygen atoms in total. The van der Waals surface area contributed by atoms with E-state index in [0.29, 0.717) is 19.4 Å². The van der Waals surface area contributed by atoms with Gasteiger partial charge in [0.15, 0.2) is 0 Å². The number of methoxy groups -OCH3 is 1. The molecule has 0 spiro atoms. The summed E-state index contributed by atoms with van der Waals surface area (Å²) in [5.41, 5.74) is 0. The zero-order valence-corrected chi connectivity index (χ0v) is 11.7. The van der Waals surface area contributed by atoms with E-state index in [2.05, 4.69) is 5.32 Å². The number of amides is 2. The third kappa shape index (κ3) is 3.02. The number of hydrogen-bond acceptors (Lipinski definition) is 3. The van der Waals surface area contributed by atoms with Gasteiger partial charge in [0.1, 0.15) is 12.1 Å². The predicted octanol–water partition coefficient (Wildman–Crippen LogP) is 0.927. The molecule has 0 bridgehead atoms. The highest BCUT2D eigenvalue weighted by atomic mass is 16.5. The molecule has 0 radical (unpaired) electrons. The molecule has 18 heavy (non-hydrogen) atoms. The molecule has 0 saturated carbocycles. The first-order valence-corrected chi connectivity index (χ1v) is 6.68. The molecule has 1 fully saturated rings. The van der Waals surface area contributed by atoms with Gasteiger partial charge in [-0.05, 0) is 19.8 Å². The Morgan fingerprint density at radius 3 is 2.56 bits per heavy atom. The van der Waals surface area contributed by atoms with Gasteiger partial charge in [-0.15, -0.1) is 0 Å². The van der Waals surface area contributed by atoms with Gasteiger partial charge in [-0.2, -0.15) is 0 Å². The van der Waals surface area contributed by atoms with Gasteiger partial charge in [0.2, 0.25) is 11.8 Å². The summed E-state index contributed by atoms with van der Waals surface area (Å²) in [7, 11) is 1.61. The highest BCUT2D eigenvalue weighted by Crippen LogP contribution is 2.19. The van der Waals surface area contributed by atoms with E-state index >= 15 is 0 Å². The van der Waals surface area contributed by atoms with Crippen molar-refractivity contribution in [2.24, 2.45) is 0 Å². The number of nitrogens with zero attached hydrogens (tertiary/aromatic N) is 1. The average Bonchev–Trinajstić information content (AvgIpc) is 2.33. The van der Waals surface area contributed by atoms with E-state index < -0.39 is 0 Å². The normalized spacial score (nSPS) is 26.1. The number of rotatable bonds is 6. The van der Waals surface area contributed by atoms with Crippen molar-refractivity contribution in [3.63, 3.8) is 0 Å². The maximum atomic E-state index is 12.4. The van der Waals surface area contributed by atoms with Crippen LogP contribution < -0.4 is 5.32 Å². The maximum absolute atomic E-state index is 12.4. The van der Waals surface area contributed by atoms with Gasteiger partial charge >= 0.3 is 0 Å². The van der Waals surface area contributed by atoms with Crippen LogP contribution in [-0.2, 0) is 14.3 Å². The van der Waals surface area contributed by atoms with Gasteiger partial charge in [-0.3, -0.25) is 9.59 Å². The zero-order chi connectivity index (χ0) is 13.7. The standard InChI is InChI=1S/C13H24N2O3/c1-5-7-10-13(17)15(9(3)8-18-4)11(6-2)12(16)14-10/h9-11H,5-8H2,1-4H3,(H,14,16). The van der Waals surface area contributed by atoms with Crippen LogP contribution in [0.2, 0.25) is 0 Å². The Labute approximate surface area is 109 Å². The molecule has 1 aliphatic heterocycles. The van der Waals surface area contributed by atoms with E-state index in [9.17, 15) is 9.59 Å². The summed E-state index contributed by atoms with van der Waals surface area (Å²) in [4.78, 5) is 26.1. The Morgan fingerprint density at radius 1 is 1.39 bits per heavy atom. The third-order valence-electron chi connectivity index (χ3n) is 3.35. The third-order valence-corrected chi connectivity index (χ3v) is 3.35. The summed E-state index contributed by atoms with van der Waals surface area (Å²) in [6, 6.07) is -0.807. The molecular weight excluding hydrogens is 232 g/mol. The highest BCUT2D eigenvalue weighted by Gasteiger charge is 2.41. The van der Waals surface area contributed by atoms with Crippen molar-refractivity contribution >= 4 is 11.8 Å². The lowest BCUT2D eigenvalue weighted by Crippen LogP contribution is -2.65. The second kappa shape index (κ2) is 6.73. The number of ether oxygens (including phenoxy) is 1. The van der Waals surface area contributed by atoms with Crippen LogP contribution >= 0.6 is 0 Å². The molecular formula is C13H24N2O3. The molecule has 1 saturated heterocycles. The first-order valence-electron chi connectivity index (χ1n) is 6.68. The number of nitrogens with one attached hydrogen (secondary N) is 1. The fourth-order valence-electron chi connectivity index (χ4n) is 2.50. The van der Waals surface area contributed by atoms with E-state index in [1.165, 1.54) is 0 Å². The fourth-order valence-corrected chi connectivity index (χ4v) is 2.50. The topological polar surface area (TPSA) is 58.6 Å². The SMILES string of the molecule is CCCC1NC(=O)C(CC)N(C(C)COC)C1=O. The predicted molar refractivity (Wildman–Crippen MR) is 69.1 cm³/mol. The molecule has 104 valence electrons. The quantitative estimate of drug-likeness (QED) is 0.769. The first kappa shape index (κ1) is 15.0. The molecule has 3 unspecified atom stereocenters. The molecule has 0 aromatic heterocycles. The van der Waals surface area contributed by atoms with E-state index in [1.54, 1.807) is 12.0 Å². The Morgan fingerprint density at radius 2 is 2.06 bits per heavy atom. The fraction of sp³-hybridized carbons (Fsp3) is 0.846. The Bertz CT molecular complexity index is 307. The molecule has 2 amide bonds. The monoisotopic (exact) mass is 256 g/mol. The van der Waals surface area contributed by atoms with Crippen molar-refractivity contribution in [2.45, 2.75) is 58.2 Å². The van der Waals surface area contributed by atoms with Gasteiger partial charge in [0.05, 0.1) is 12.6 Å². The van der Waals surface area contributed by atoms with Gasteiger partial charge in [0.25, 0.3) is 0 Å². The molecule has 0 aromatic carbocycles. The van der Waals surface area contributed by atoms with Crippen LogP contribution in [0.15, 0.2) is 0 Å². The largest absolute Gasteiger partial charge is 0.383 e. The van der Waals surface area contributed by atoms with Crippen LogP contribution in [0, 0.1) is 0 Å². The number of hydrogen-bond donors (Lipinski definition) is 1. The van der Waals surface area contributed by atoms with E-state index in [-0.39, 0.29) is 29.9 Å². The summed E-state index contributed by atoms with van der Waals surface area (Å²) in [5.74, 6) is -0.0219. The summed E-state index contributed by atoms with van der Waals surface area (Å²) in [6.45, 7) is 6.30. The van der Waals surface area contributed by atoms with Crippen molar-refractivity contribution in [1.82, 2.24) is 10.2 Å². The zero-order valence-electron chi connectivity index (χ0n) is 11.7. The molecule has 1 heterocycles. The average molecular weight is 256 g/mol. The summed E-state index contributed by atoms with van der Waals surface area (Å²) >= 11 is 0. The Kier molecular flexibility index (Phi) is 5.59. The molecule has 5 heteroatoms. The Balaban J connectivity index is 2.90. The minimum atomic E-state index is -0.371. The van der Waals surface area contributed by atoms with Crippen LogP contribution in [0.1, 0.15) is 40.0 Å². The number of carbonyl (C=O) groups is 2. The molecule has 1 aliphatic rings. The molecule has 0 aliphatic carbocycles. The lowest BCUT2D eigenvalue weighted by molar-refractivity contribution is -0.153. The van der Waals surface area contributed by atoms with Gasteiger partial charge in [0, 0.05) is 7.11 Å². The maximum Gasteiger partial charge on any atom is 0.246 e. The van der Waals surface area contributed by atoms with Gasteiger partial charge < -0.3 is 15.0 Å². The van der Waals surface area contributed by atoms with Crippen LogP contribution in [0.3, 0.4) is 0 Å². The van der Waals surface area contributed by atoms with Crippen LogP contribution in [0.5, 0.6) is 0 Å². The first-order chi connectivity index (χ1) is 8.56. The smallest absolute Gasteiger partial charge is 0.246 e. The highest BCUT2D eigenvalue weighted by molar-refractivity contribution is 5.97. The Hall–Kier alpha value is -1.10. The van der Waals surface area contributed by atoms with Crippen LogP contribution in [-0.4, -0.2) is 48.6 Å². The van der Waals surface area contributed by atoms with Crippen LogP contribution in [0.25, 0.3) is 0 Å². The van der Waals surface area contributed by atoms with Crippen molar-refractivity contribution in [3.8, 4) is 0 Å². The van der Waals surface area contributed by atoms with Crippen LogP contribution in [0.4, 0.5) is 0 Å². The molecule has 1 rings (SSSR count). The van der Waals surface area contributed by atoms with Gasteiger partial charge in [-0.1, -0.05) is 20.3 Å². The minimum absolute atomic E-state index is 0.0212. The van der Waals surface area contributed by atoms with E-state index in [4.69, 9.17) is 4.74 Å². The van der Waals surface area contributed by atoms with Crippen molar-refractivity contribution in [2.75, 3.05) is 13.7 Å². The summed E-state index contributed by atoms with van der Waals surface area (Å²) < 4.78 is 5.10. The number of piperazine rings is 1. The lowest BCUT2D eigenvalue weighted by Gasteiger charge is -2.41. The second-order valence-electron chi connectivity index (χ2n) is 4.82. The van der Waals surface area contributed by atoms with Crippen molar-refractivity contribution in [3.05, 3.63) is 0 Å². The van der Waals surface area contributed by atoms with Gasteiger partial charge in [-0.25, -0.2) is 0 Å². The minimum Gasteiger partial charge on any atom is -0.383 e.